The maximum atomic E-state index is 14.9. The fourth-order valence-electron chi connectivity index (χ4n) is 15.4. The number of carbonyl (C=O) groups excluding carboxylic acids is 6. The third kappa shape index (κ3) is 65.8. The monoisotopic (exact) mass is 1610 g/mol. The number of carbonyl (C=O) groups is 6. The van der Waals surface area contributed by atoms with E-state index in [-0.39, 0.29) is 57.1 Å². The van der Waals surface area contributed by atoms with Gasteiger partial charge in [0.05, 0.1) is 32.5 Å². The number of esters is 4. The summed E-state index contributed by atoms with van der Waals surface area (Å²) < 4.78 is 55.7. The second kappa shape index (κ2) is 77.7. The molecule has 0 aromatic carbocycles. The van der Waals surface area contributed by atoms with Gasteiger partial charge in [0.1, 0.15) is 36.6 Å². The van der Waals surface area contributed by atoms with Crippen LogP contribution < -0.4 is 10.6 Å². The van der Waals surface area contributed by atoms with Crippen LogP contribution >= 0.6 is 7.82 Å². The standard InChI is InChI=1S/C92H175N2O17P/c1-7-13-19-25-31-37-40-46-52-58-64-70-85(98)106-79(67-61-55-49-43-34-28-22-16-10-4)75-83(96)93-73-74-105-92-89(94-84(97)76-80(68-62-56-50-44-35-29-23-17-11-5)107-86(99)71-65-59-53-47-41-38-32-26-20-14-8-2)91(90(82(78-95)109-92)111-112(102,103)104)110-88(101)77-81(69-63-57-51-45-36-30-24-18-12-6)108-87(100)72-66-60-54-48-42-39-33-27-21-15-9-3/h79-82,89-92,95H,7-78H2,1-6H3,(H,93,96)(H,94,97)(H2,102,103,104)/t79-,80-,81-,82?,89+,90+,91?,92-/m1/s1. The van der Waals surface area contributed by atoms with Crippen molar-refractivity contribution in [2.45, 2.75) is 534 Å². The zero-order valence-electron chi connectivity index (χ0n) is 73.0. The Bertz CT molecular complexity index is 2240. The van der Waals surface area contributed by atoms with E-state index in [1.807, 2.05) is 0 Å². The average molecular weight is 1610 g/mol. The molecule has 660 valence electrons. The highest BCUT2D eigenvalue weighted by Gasteiger charge is 2.52. The summed E-state index contributed by atoms with van der Waals surface area (Å²) in [7, 11) is -5.48. The molecule has 0 aromatic heterocycles. The second-order valence-electron chi connectivity index (χ2n) is 33.2. The zero-order chi connectivity index (χ0) is 81.9. The molecule has 2 amide bonds. The number of aliphatic hydroxyl groups excluding tert-OH is 1. The van der Waals surface area contributed by atoms with E-state index in [4.69, 9.17) is 32.9 Å². The van der Waals surface area contributed by atoms with Crippen LogP contribution in [0.15, 0.2) is 0 Å². The molecule has 2 unspecified atom stereocenters. The van der Waals surface area contributed by atoms with Gasteiger partial charge in [0.25, 0.3) is 0 Å². The van der Waals surface area contributed by atoms with Crippen LogP contribution in [0.4, 0.5) is 0 Å². The molecule has 1 heterocycles. The Morgan fingerprint density at radius 1 is 0.348 bits per heavy atom. The van der Waals surface area contributed by atoms with Crippen molar-refractivity contribution in [3.8, 4) is 0 Å². The van der Waals surface area contributed by atoms with Crippen molar-refractivity contribution >= 4 is 43.5 Å². The molecule has 0 aliphatic carbocycles. The van der Waals surface area contributed by atoms with Gasteiger partial charge in [-0.25, -0.2) is 4.57 Å². The van der Waals surface area contributed by atoms with E-state index in [0.29, 0.717) is 44.9 Å². The van der Waals surface area contributed by atoms with Gasteiger partial charge in [-0.3, -0.25) is 33.3 Å². The van der Waals surface area contributed by atoms with Gasteiger partial charge in [0.2, 0.25) is 11.8 Å². The predicted octanol–water partition coefficient (Wildman–Crippen LogP) is 24.5. The Balaban J connectivity index is 3.68. The van der Waals surface area contributed by atoms with Crippen molar-refractivity contribution in [3.63, 3.8) is 0 Å². The van der Waals surface area contributed by atoms with Crippen molar-refractivity contribution in [1.82, 2.24) is 10.6 Å². The lowest BCUT2D eigenvalue weighted by molar-refractivity contribution is -0.270. The third-order valence-electron chi connectivity index (χ3n) is 22.3. The fourth-order valence-corrected chi connectivity index (χ4v) is 16.0. The number of nitrogens with one attached hydrogen (secondary N) is 2. The average Bonchev–Trinajstić information content (AvgIpc) is 0.781. The van der Waals surface area contributed by atoms with E-state index in [9.17, 15) is 48.2 Å². The molecule has 0 bridgehead atoms. The number of phosphoric ester groups is 1. The van der Waals surface area contributed by atoms with Crippen LogP contribution in [0.1, 0.15) is 485 Å². The third-order valence-corrected chi connectivity index (χ3v) is 22.9. The first-order valence-electron chi connectivity index (χ1n) is 47.5. The van der Waals surface area contributed by atoms with E-state index in [1.165, 1.54) is 212 Å². The van der Waals surface area contributed by atoms with Crippen molar-refractivity contribution in [2.75, 3.05) is 19.8 Å². The molecular weight excluding hydrogens is 1440 g/mol. The Hall–Kier alpha value is -3.19. The van der Waals surface area contributed by atoms with Crippen molar-refractivity contribution in [3.05, 3.63) is 0 Å². The lowest BCUT2D eigenvalue weighted by Crippen LogP contribution is -2.66. The van der Waals surface area contributed by atoms with Gasteiger partial charge in [0.15, 0.2) is 12.4 Å². The summed E-state index contributed by atoms with van der Waals surface area (Å²) in [5, 5.41) is 16.8. The van der Waals surface area contributed by atoms with Crippen molar-refractivity contribution in [2.24, 2.45) is 0 Å². The molecule has 1 saturated heterocycles. The minimum Gasteiger partial charge on any atom is -0.462 e. The van der Waals surface area contributed by atoms with Crippen LogP contribution in [0.25, 0.3) is 0 Å². The van der Waals surface area contributed by atoms with E-state index >= 15 is 0 Å². The Morgan fingerprint density at radius 2 is 0.616 bits per heavy atom. The molecule has 20 heteroatoms. The highest BCUT2D eigenvalue weighted by atomic mass is 31.2. The summed E-state index contributed by atoms with van der Waals surface area (Å²) in [5.41, 5.74) is 0. The maximum Gasteiger partial charge on any atom is 0.470 e. The Kier molecular flexibility index (Phi) is 74.1. The van der Waals surface area contributed by atoms with Gasteiger partial charge in [0, 0.05) is 25.8 Å². The smallest absolute Gasteiger partial charge is 0.462 e. The molecular formula is C92H175N2O17P. The minimum atomic E-state index is -5.48. The molecule has 8 atom stereocenters. The number of amides is 2. The molecule has 0 saturated carbocycles. The van der Waals surface area contributed by atoms with Gasteiger partial charge >= 0.3 is 31.7 Å². The molecule has 0 spiro atoms. The van der Waals surface area contributed by atoms with E-state index in [2.05, 4.69) is 52.2 Å². The molecule has 19 nitrogen and oxygen atoms in total. The van der Waals surface area contributed by atoms with Gasteiger partial charge in [-0.15, -0.1) is 0 Å². The lowest BCUT2D eigenvalue weighted by Gasteiger charge is -2.45. The number of ether oxygens (including phenoxy) is 6. The number of rotatable bonds is 84. The minimum absolute atomic E-state index is 0.0789. The summed E-state index contributed by atoms with van der Waals surface area (Å²) in [6.45, 7) is 12.0. The molecule has 0 aromatic rings. The molecule has 1 fully saturated rings. The highest BCUT2D eigenvalue weighted by molar-refractivity contribution is 7.46. The summed E-state index contributed by atoms with van der Waals surface area (Å²) >= 11 is 0. The topological polar surface area (TPSA) is 269 Å². The predicted molar refractivity (Wildman–Crippen MR) is 456 cm³/mol. The first-order chi connectivity index (χ1) is 54.5. The van der Waals surface area contributed by atoms with Crippen LogP contribution in [0.2, 0.25) is 0 Å². The quantitative estimate of drug-likeness (QED) is 0.0164. The van der Waals surface area contributed by atoms with Gasteiger partial charge < -0.3 is 53.9 Å². The highest BCUT2D eigenvalue weighted by Crippen LogP contribution is 2.42. The normalized spacial score (nSPS) is 16.6. The Morgan fingerprint density at radius 3 is 0.902 bits per heavy atom. The number of hydrogen-bond acceptors (Lipinski definition) is 15. The van der Waals surface area contributed by atoms with Crippen molar-refractivity contribution < 1.29 is 81.2 Å². The van der Waals surface area contributed by atoms with Gasteiger partial charge in [-0.2, -0.15) is 0 Å². The summed E-state index contributed by atoms with van der Waals surface area (Å²) in [6.07, 6.45) is 58.1. The van der Waals surface area contributed by atoms with Crippen LogP contribution in [0, 0.1) is 0 Å². The lowest BCUT2D eigenvalue weighted by atomic mass is 9.96. The number of aliphatic hydroxyl groups is 1. The molecule has 1 aliphatic heterocycles. The summed E-state index contributed by atoms with van der Waals surface area (Å²) in [4.78, 5) is 106. The summed E-state index contributed by atoms with van der Waals surface area (Å²) in [5.74, 6) is -3.15. The van der Waals surface area contributed by atoms with Crippen LogP contribution in [0.3, 0.4) is 0 Å². The number of unbranched alkanes of at least 4 members (excludes halogenated alkanes) is 54. The van der Waals surface area contributed by atoms with Gasteiger partial charge in [-0.1, -0.05) is 388 Å². The van der Waals surface area contributed by atoms with Crippen molar-refractivity contribution in [1.29, 1.82) is 0 Å². The molecule has 0 radical (unpaired) electrons. The molecule has 1 rings (SSSR count). The first-order valence-corrected chi connectivity index (χ1v) is 49.0. The van der Waals surface area contributed by atoms with E-state index < -0.39 is 93.6 Å². The van der Waals surface area contributed by atoms with E-state index in [0.717, 1.165) is 148 Å². The fraction of sp³-hybridized carbons (Fsp3) is 0.935. The van der Waals surface area contributed by atoms with Crippen LogP contribution in [-0.4, -0.2) is 119 Å². The van der Waals surface area contributed by atoms with E-state index in [1.54, 1.807) is 0 Å². The molecule has 1 aliphatic rings. The number of phosphoric acid groups is 1. The second-order valence-corrected chi connectivity index (χ2v) is 34.4. The summed E-state index contributed by atoms with van der Waals surface area (Å²) in [6, 6.07) is -1.58. The van der Waals surface area contributed by atoms with Crippen LogP contribution in [-0.2, 0) is 66.3 Å². The SMILES string of the molecule is CCCCCCCCCCCCCC(=O)O[C@H](CCCCCCCCCCC)CC(=O)NCCO[C@@H]1OC(CO)[C@H](OP(=O)(O)O)C(OC(=O)C[C@@H](CCCCCCCCCCC)OC(=O)CCCCCCCCCCCCC)[C@@H]1NC(=O)C[C@@H](CCCCCCCCCCC)OC(=O)CCCCCCCCCCCCC. The zero-order valence-corrected chi connectivity index (χ0v) is 73.9. The first kappa shape index (κ1) is 107. The number of hydrogen-bond donors (Lipinski definition) is 5. The van der Waals surface area contributed by atoms with Crippen LogP contribution in [0.5, 0.6) is 0 Å². The van der Waals surface area contributed by atoms with Gasteiger partial charge in [-0.05, 0) is 57.8 Å². The Labute approximate surface area is 685 Å². The largest absolute Gasteiger partial charge is 0.470 e. The maximum absolute atomic E-state index is 14.9. The molecule has 5 N–H and O–H groups in total. The molecule has 112 heavy (non-hydrogen) atoms.